The molecule has 3 aromatic carbocycles. The minimum atomic E-state index is -5.45. The second-order valence-electron chi connectivity index (χ2n) is 11.6. The molecule has 46 heavy (non-hydrogen) atoms. The third-order valence-corrected chi connectivity index (χ3v) is 10.7. The number of aliphatic hydroxyl groups is 1. The minimum Gasteiger partial charge on any atom is -0.478 e. The summed E-state index contributed by atoms with van der Waals surface area (Å²) in [5.74, 6) is -1.47. The van der Waals surface area contributed by atoms with E-state index in [0.717, 1.165) is 12.8 Å². The molecule has 2 aliphatic heterocycles. The van der Waals surface area contributed by atoms with E-state index in [1.54, 1.807) is 53.2 Å². The van der Waals surface area contributed by atoms with Crippen LogP contribution in [0.5, 0.6) is 0 Å². The molecule has 0 aliphatic carbocycles. The maximum Gasteiger partial charge on any atom is 0.511 e. The number of nitrogens with zero attached hydrogens (tertiary/aromatic N) is 3. The topological polar surface area (TPSA) is 122 Å². The summed E-state index contributed by atoms with van der Waals surface area (Å²) in [6, 6.07) is 17.9. The molecule has 6 rings (SSSR count). The van der Waals surface area contributed by atoms with E-state index in [4.69, 9.17) is 21.4 Å². The third-order valence-electron chi connectivity index (χ3n) is 8.87. The first-order chi connectivity index (χ1) is 21.8. The quantitative estimate of drug-likeness (QED) is 0.217. The number of carbonyl (C=O) groups is 1. The standard InChI is InChI=1S/C32H31ClF3N3O6S/c33-25-11-8-23(9-12-25)31(42,22-6-4-21(5-7-22)30(40)41)24-10-13-27-26(19-24)29(37-39(27)28-3-1-2-18-45-28)20-14-16-38(17-15-20)46(43,44)32(34,35)36/h4-13,19-20,28,42H,1-3,14-18H2,(H,40,41). The van der Waals surface area contributed by atoms with E-state index >= 15 is 0 Å². The van der Waals surface area contributed by atoms with E-state index in [1.165, 1.54) is 12.1 Å². The van der Waals surface area contributed by atoms with Crippen molar-refractivity contribution in [1.29, 1.82) is 0 Å². The zero-order valence-electron chi connectivity index (χ0n) is 24.5. The molecule has 2 N–H and O–H groups in total. The van der Waals surface area contributed by atoms with Crippen molar-refractivity contribution in [2.45, 2.75) is 55.4 Å². The number of carboxylic acid groups (broad SMARTS) is 1. The molecule has 0 spiro atoms. The lowest BCUT2D eigenvalue weighted by Gasteiger charge is -2.31. The molecular weight excluding hydrogens is 647 g/mol. The van der Waals surface area contributed by atoms with Gasteiger partial charge in [-0.3, -0.25) is 0 Å². The fraction of sp³-hybridized carbons (Fsp3) is 0.375. The molecule has 2 fully saturated rings. The van der Waals surface area contributed by atoms with Crippen molar-refractivity contribution >= 4 is 38.5 Å². The molecule has 2 aliphatic rings. The summed E-state index contributed by atoms with van der Waals surface area (Å²) >= 11 is 6.16. The van der Waals surface area contributed by atoms with Crippen LogP contribution < -0.4 is 0 Å². The van der Waals surface area contributed by atoms with Crippen LogP contribution in [-0.4, -0.2) is 63.9 Å². The van der Waals surface area contributed by atoms with Gasteiger partial charge in [0, 0.05) is 36.0 Å². The van der Waals surface area contributed by atoms with Crippen molar-refractivity contribution < 1.29 is 41.3 Å². The van der Waals surface area contributed by atoms with E-state index in [1.807, 2.05) is 6.07 Å². The molecular formula is C32H31ClF3N3O6S. The summed E-state index contributed by atoms with van der Waals surface area (Å²) in [6.45, 7) is -0.0774. The monoisotopic (exact) mass is 677 g/mol. The van der Waals surface area contributed by atoms with Gasteiger partial charge >= 0.3 is 21.5 Å². The number of aromatic carboxylic acids is 1. The average Bonchev–Trinajstić information content (AvgIpc) is 3.44. The number of piperidine rings is 1. The van der Waals surface area contributed by atoms with Gasteiger partial charge in [0.15, 0.2) is 6.23 Å². The lowest BCUT2D eigenvalue weighted by Crippen LogP contribution is -2.44. The lowest BCUT2D eigenvalue weighted by molar-refractivity contribution is -0.0495. The van der Waals surface area contributed by atoms with Crippen molar-refractivity contribution in [3.05, 3.63) is 99.7 Å². The molecule has 4 aromatic rings. The maximum absolute atomic E-state index is 13.3. The molecule has 14 heteroatoms. The highest BCUT2D eigenvalue weighted by Crippen LogP contribution is 2.42. The summed E-state index contributed by atoms with van der Waals surface area (Å²) in [5.41, 5.74) is -4.51. The molecule has 244 valence electrons. The van der Waals surface area contributed by atoms with E-state index in [0.29, 0.717) is 55.6 Å². The Morgan fingerprint density at radius 2 is 1.52 bits per heavy atom. The first-order valence-corrected chi connectivity index (χ1v) is 16.7. The number of hydrogen-bond acceptors (Lipinski definition) is 6. The Bertz CT molecular complexity index is 1850. The number of hydrogen-bond donors (Lipinski definition) is 2. The normalized spacial score (nSPS) is 20.1. The largest absolute Gasteiger partial charge is 0.511 e. The number of sulfonamides is 1. The van der Waals surface area contributed by atoms with Crippen molar-refractivity contribution in [2.75, 3.05) is 19.7 Å². The zero-order chi connectivity index (χ0) is 32.9. The van der Waals surface area contributed by atoms with Gasteiger partial charge in [0.2, 0.25) is 0 Å². The molecule has 1 aromatic heterocycles. The van der Waals surface area contributed by atoms with E-state index in [9.17, 15) is 36.6 Å². The summed E-state index contributed by atoms with van der Waals surface area (Å²) < 4.78 is 72.2. The number of halogens is 4. The van der Waals surface area contributed by atoms with Crippen LogP contribution in [-0.2, 0) is 20.4 Å². The highest BCUT2D eigenvalue weighted by atomic mass is 35.5. The summed E-state index contributed by atoms with van der Waals surface area (Å²) in [4.78, 5) is 11.5. The van der Waals surface area contributed by atoms with Crippen LogP contribution in [0, 0.1) is 0 Å². The Hall–Kier alpha value is -3.49. The molecule has 0 amide bonds. The van der Waals surface area contributed by atoms with Gasteiger partial charge < -0.3 is 14.9 Å². The number of fused-ring (bicyclic) bond motifs is 1. The van der Waals surface area contributed by atoms with Crippen LogP contribution in [0.3, 0.4) is 0 Å². The Morgan fingerprint density at radius 1 is 0.913 bits per heavy atom. The van der Waals surface area contributed by atoms with Crippen LogP contribution in [0.1, 0.15) is 77.0 Å². The molecule has 0 bridgehead atoms. The zero-order valence-corrected chi connectivity index (χ0v) is 26.0. The number of alkyl halides is 3. The number of carboxylic acids is 1. The van der Waals surface area contributed by atoms with Crippen LogP contribution in [0.25, 0.3) is 10.9 Å². The molecule has 9 nitrogen and oxygen atoms in total. The average molecular weight is 678 g/mol. The highest BCUT2D eigenvalue weighted by Gasteiger charge is 2.50. The molecule has 3 heterocycles. The first kappa shape index (κ1) is 32.5. The summed E-state index contributed by atoms with van der Waals surface area (Å²) in [7, 11) is -5.45. The van der Waals surface area contributed by atoms with E-state index < -0.39 is 27.1 Å². The smallest absolute Gasteiger partial charge is 0.478 e. The molecule has 0 saturated carbocycles. The van der Waals surface area contributed by atoms with Gasteiger partial charge in [-0.2, -0.15) is 22.6 Å². The Kier molecular flexibility index (Phi) is 8.66. The van der Waals surface area contributed by atoms with E-state index in [-0.39, 0.29) is 43.6 Å². The van der Waals surface area contributed by atoms with Crippen LogP contribution in [0.2, 0.25) is 5.02 Å². The number of aromatic nitrogens is 2. The second kappa shape index (κ2) is 12.3. The predicted molar refractivity (Wildman–Crippen MR) is 164 cm³/mol. The second-order valence-corrected chi connectivity index (χ2v) is 14.0. The highest BCUT2D eigenvalue weighted by molar-refractivity contribution is 7.90. The molecule has 2 unspecified atom stereocenters. The Balaban J connectivity index is 1.47. The van der Waals surface area contributed by atoms with Gasteiger partial charge in [-0.25, -0.2) is 17.9 Å². The van der Waals surface area contributed by atoms with E-state index in [2.05, 4.69) is 0 Å². The van der Waals surface area contributed by atoms with Gasteiger partial charge in [0.05, 0.1) is 16.8 Å². The van der Waals surface area contributed by atoms with Gasteiger partial charge in [-0.1, -0.05) is 41.9 Å². The van der Waals surface area contributed by atoms with Crippen molar-refractivity contribution in [1.82, 2.24) is 14.1 Å². The van der Waals surface area contributed by atoms with Crippen LogP contribution in [0.4, 0.5) is 13.2 Å². The van der Waals surface area contributed by atoms with Gasteiger partial charge in [-0.05, 0) is 85.2 Å². The minimum absolute atomic E-state index is 0.0487. The summed E-state index contributed by atoms with van der Waals surface area (Å²) in [6.07, 6.45) is 2.43. The number of rotatable bonds is 7. The number of ether oxygens (including phenoxy) is 1. The van der Waals surface area contributed by atoms with Gasteiger partial charge in [0.1, 0.15) is 5.60 Å². The molecule has 0 radical (unpaired) electrons. The number of benzene rings is 3. The Labute approximate surface area is 268 Å². The summed E-state index contributed by atoms with van der Waals surface area (Å²) in [5, 5.41) is 28.0. The van der Waals surface area contributed by atoms with Crippen molar-refractivity contribution in [3.63, 3.8) is 0 Å². The molecule has 2 saturated heterocycles. The Morgan fingerprint density at radius 3 is 2.09 bits per heavy atom. The fourth-order valence-electron chi connectivity index (χ4n) is 6.39. The third kappa shape index (κ3) is 5.79. The van der Waals surface area contributed by atoms with Crippen LogP contribution in [0.15, 0.2) is 66.7 Å². The SMILES string of the molecule is O=C(O)c1ccc(C(O)(c2ccc(Cl)cc2)c2ccc3c(c2)c(C2CCN(S(=O)(=O)C(F)(F)F)CC2)nn3C2CCCCO2)cc1. The van der Waals surface area contributed by atoms with Crippen molar-refractivity contribution in [3.8, 4) is 0 Å². The lowest BCUT2D eigenvalue weighted by atomic mass is 9.79. The van der Waals surface area contributed by atoms with Crippen LogP contribution >= 0.6 is 11.6 Å². The van der Waals surface area contributed by atoms with Gasteiger partial charge in [0.25, 0.3) is 0 Å². The predicted octanol–water partition coefficient (Wildman–Crippen LogP) is 6.40. The fourth-order valence-corrected chi connectivity index (χ4v) is 7.50. The van der Waals surface area contributed by atoms with Crippen molar-refractivity contribution in [2.24, 2.45) is 0 Å². The first-order valence-electron chi connectivity index (χ1n) is 14.8. The maximum atomic E-state index is 13.3. The van der Waals surface area contributed by atoms with Gasteiger partial charge in [-0.15, -0.1) is 0 Å². The molecule has 2 atom stereocenters.